The molecule has 1 atom stereocenters. The predicted octanol–water partition coefficient (Wildman–Crippen LogP) is 4.40. The molecular weight excluding hydrogens is 401 g/mol. The van der Waals surface area contributed by atoms with Gasteiger partial charge in [-0.1, -0.05) is 11.6 Å². The topological polar surface area (TPSA) is 65.2 Å². The van der Waals surface area contributed by atoms with E-state index in [1.165, 1.54) is 12.8 Å². The van der Waals surface area contributed by atoms with Gasteiger partial charge in [0.25, 0.3) is 10.0 Å². The number of H-pyrrole nitrogens is 1. The fraction of sp³-hybridized carbons (Fsp3) is 0.300. The Morgan fingerprint density at radius 1 is 1.29 bits per heavy atom. The summed E-state index contributed by atoms with van der Waals surface area (Å²) in [7, 11) is -1.79. The van der Waals surface area contributed by atoms with Gasteiger partial charge in [0, 0.05) is 28.8 Å². The number of nitrogens with zero attached hydrogens (tertiary/aromatic N) is 1. The molecule has 0 radical (unpaired) electrons. The minimum Gasteiger partial charge on any atom is -0.361 e. The van der Waals surface area contributed by atoms with Crippen molar-refractivity contribution in [2.75, 3.05) is 18.3 Å². The number of anilines is 1. The Morgan fingerprint density at radius 3 is 2.82 bits per heavy atom. The second-order valence-corrected chi connectivity index (χ2v) is 9.29. The standard InChI is InChI=1S/C20H21ClFN3O2S/c1-25-8-2-3-16(25)9-13-12-23-19-6-5-15(11-17(13)19)24-28(26,27)20-7-4-14(22)10-18(20)21/h4-7,10-12,16,23-24H,2-3,8-9H2,1H3/t16-/m0/s1. The third kappa shape index (κ3) is 3.74. The third-order valence-electron chi connectivity index (χ3n) is 5.33. The van der Waals surface area contributed by atoms with E-state index in [-0.39, 0.29) is 9.92 Å². The van der Waals surface area contributed by atoms with Crippen molar-refractivity contribution in [3.05, 3.63) is 59.0 Å². The molecule has 0 aliphatic carbocycles. The van der Waals surface area contributed by atoms with Crippen molar-refractivity contribution in [2.45, 2.75) is 30.2 Å². The van der Waals surface area contributed by atoms with Crippen molar-refractivity contribution in [2.24, 2.45) is 0 Å². The van der Waals surface area contributed by atoms with Crippen LogP contribution in [-0.2, 0) is 16.4 Å². The number of aromatic nitrogens is 1. The molecular formula is C20H21ClFN3O2S. The minimum atomic E-state index is -3.92. The van der Waals surface area contributed by atoms with Crippen LogP contribution < -0.4 is 4.72 Å². The maximum absolute atomic E-state index is 13.2. The molecule has 148 valence electrons. The van der Waals surface area contributed by atoms with Gasteiger partial charge in [-0.25, -0.2) is 12.8 Å². The molecule has 1 aliphatic rings. The monoisotopic (exact) mass is 421 g/mol. The number of likely N-dealkylation sites (N-methyl/N-ethyl adjacent to an activating group) is 1. The maximum atomic E-state index is 13.2. The van der Waals surface area contributed by atoms with Crippen LogP contribution in [0.3, 0.4) is 0 Å². The van der Waals surface area contributed by atoms with Crippen molar-refractivity contribution in [3.63, 3.8) is 0 Å². The summed E-state index contributed by atoms with van der Waals surface area (Å²) >= 11 is 5.92. The Kier molecular flexibility index (Phi) is 5.07. The molecule has 4 rings (SSSR count). The van der Waals surface area contributed by atoms with Gasteiger partial charge in [0.15, 0.2) is 0 Å². The van der Waals surface area contributed by atoms with E-state index in [0.29, 0.717) is 11.7 Å². The van der Waals surface area contributed by atoms with Crippen LogP contribution in [0.2, 0.25) is 5.02 Å². The molecule has 0 amide bonds. The van der Waals surface area contributed by atoms with Gasteiger partial charge in [-0.2, -0.15) is 0 Å². The van der Waals surface area contributed by atoms with Crippen LogP contribution in [0.25, 0.3) is 10.9 Å². The van der Waals surface area contributed by atoms with E-state index >= 15 is 0 Å². The summed E-state index contributed by atoms with van der Waals surface area (Å²) in [5, 5.41) is 0.839. The molecule has 0 saturated carbocycles. The van der Waals surface area contributed by atoms with Crippen LogP contribution >= 0.6 is 11.6 Å². The van der Waals surface area contributed by atoms with Gasteiger partial charge < -0.3 is 9.88 Å². The Hall–Kier alpha value is -2.09. The van der Waals surface area contributed by atoms with Crippen LogP contribution in [0.15, 0.2) is 47.5 Å². The minimum absolute atomic E-state index is 0.153. The smallest absolute Gasteiger partial charge is 0.263 e. The summed E-state index contributed by atoms with van der Waals surface area (Å²) in [5.74, 6) is -0.584. The molecule has 8 heteroatoms. The predicted molar refractivity (Wildman–Crippen MR) is 110 cm³/mol. The van der Waals surface area contributed by atoms with E-state index in [4.69, 9.17) is 11.6 Å². The Morgan fingerprint density at radius 2 is 2.11 bits per heavy atom. The van der Waals surface area contributed by atoms with Crippen LogP contribution in [0.1, 0.15) is 18.4 Å². The first-order chi connectivity index (χ1) is 13.3. The number of hydrogen-bond donors (Lipinski definition) is 2. The Bertz CT molecular complexity index is 1130. The molecule has 2 N–H and O–H groups in total. The highest BCUT2D eigenvalue weighted by molar-refractivity contribution is 7.92. The van der Waals surface area contributed by atoms with E-state index in [9.17, 15) is 12.8 Å². The lowest BCUT2D eigenvalue weighted by molar-refractivity contribution is 0.310. The molecule has 1 aromatic heterocycles. The van der Waals surface area contributed by atoms with E-state index in [0.717, 1.165) is 47.6 Å². The van der Waals surface area contributed by atoms with Crippen molar-refractivity contribution in [1.29, 1.82) is 0 Å². The maximum Gasteiger partial charge on any atom is 0.263 e. The lowest BCUT2D eigenvalue weighted by Gasteiger charge is -2.18. The largest absolute Gasteiger partial charge is 0.361 e. The molecule has 1 saturated heterocycles. The van der Waals surface area contributed by atoms with Gasteiger partial charge in [0.1, 0.15) is 10.7 Å². The SMILES string of the molecule is CN1CCC[C@H]1Cc1c[nH]c2ccc(NS(=O)(=O)c3ccc(F)cc3Cl)cc12. The lowest BCUT2D eigenvalue weighted by atomic mass is 10.0. The number of benzene rings is 2. The molecule has 3 aromatic rings. The van der Waals surface area contributed by atoms with E-state index < -0.39 is 15.8 Å². The first-order valence-corrected chi connectivity index (χ1v) is 11.0. The van der Waals surface area contributed by atoms with Gasteiger partial charge in [0.05, 0.1) is 5.02 Å². The highest BCUT2D eigenvalue weighted by Crippen LogP contribution is 2.29. The number of rotatable bonds is 5. The molecule has 2 heterocycles. The van der Waals surface area contributed by atoms with Gasteiger partial charge in [-0.05, 0) is 74.8 Å². The first kappa shape index (κ1) is 19.2. The van der Waals surface area contributed by atoms with Gasteiger partial charge in [0.2, 0.25) is 0 Å². The number of hydrogen-bond acceptors (Lipinski definition) is 3. The summed E-state index contributed by atoms with van der Waals surface area (Å²) in [6, 6.07) is 9.09. The number of aromatic amines is 1. The summed E-state index contributed by atoms with van der Waals surface area (Å²) in [6.45, 7) is 1.11. The molecule has 28 heavy (non-hydrogen) atoms. The fourth-order valence-corrected chi connectivity index (χ4v) is 5.39. The summed E-state index contributed by atoms with van der Waals surface area (Å²) in [6.07, 6.45) is 5.27. The Balaban J connectivity index is 1.63. The summed E-state index contributed by atoms with van der Waals surface area (Å²) in [5.41, 5.74) is 2.56. The molecule has 1 aliphatic heterocycles. The Labute approximate surface area is 168 Å². The molecule has 2 aromatic carbocycles. The first-order valence-electron chi connectivity index (χ1n) is 9.11. The number of nitrogens with one attached hydrogen (secondary N) is 2. The highest BCUT2D eigenvalue weighted by atomic mass is 35.5. The molecule has 1 fully saturated rings. The van der Waals surface area contributed by atoms with Gasteiger partial charge >= 0.3 is 0 Å². The normalized spacial score (nSPS) is 18.0. The van der Waals surface area contributed by atoms with E-state index in [1.807, 2.05) is 18.3 Å². The second kappa shape index (κ2) is 7.39. The fourth-order valence-electron chi connectivity index (χ4n) is 3.81. The van der Waals surface area contributed by atoms with Crippen molar-refractivity contribution >= 4 is 38.2 Å². The van der Waals surface area contributed by atoms with E-state index in [1.54, 1.807) is 6.07 Å². The lowest BCUT2D eigenvalue weighted by Crippen LogP contribution is -2.26. The zero-order valence-electron chi connectivity index (χ0n) is 15.4. The van der Waals surface area contributed by atoms with Crippen molar-refractivity contribution < 1.29 is 12.8 Å². The van der Waals surface area contributed by atoms with Crippen LogP contribution in [-0.4, -0.2) is 37.9 Å². The van der Waals surface area contributed by atoms with Gasteiger partial charge in [-0.3, -0.25) is 4.72 Å². The second-order valence-electron chi connectivity index (χ2n) is 7.24. The number of sulfonamides is 1. The van der Waals surface area contributed by atoms with Crippen LogP contribution in [0.4, 0.5) is 10.1 Å². The van der Waals surface area contributed by atoms with Crippen LogP contribution in [0, 0.1) is 5.82 Å². The zero-order valence-corrected chi connectivity index (χ0v) is 16.9. The molecule has 0 spiro atoms. The average molecular weight is 422 g/mol. The summed E-state index contributed by atoms with van der Waals surface area (Å²) in [4.78, 5) is 5.46. The van der Waals surface area contributed by atoms with E-state index in [2.05, 4.69) is 21.7 Å². The van der Waals surface area contributed by atoms with Gasteiger partial charge in [-0.15, -0.1) is 0 Å². The van der Waals surface area contributed by atoms with Crippen molar-refractivity contribution in [1.82, 2.24) is 9.88 Å². The highest BCUT2D eigenvalue weighted by Gasteiger charge is 2.23. The summed E-state index contributed by atoms with van der Waals surface area (Å²) < 4.78 is 41.1. The molecule has 5 nitrogen and oxygen atoms in total. The molecule has 0 bridgehead atoms. The van der Waals surface area contributed by atoms with Crippen molar-refractivity contribution in [3.8, 4) is 0 Å². The molecule has 0 unspecified atom stereocenters. The number of halogens is 2. The third-order valence-corrected chi connectivity index (χ3v) is 7.19. The van der Waals surface area contributed by atoms with Crippen LogP contribution in [0.5, 0.6) is 0 Å². The number of fused-ring (bicyclic) bond motifs is 1. The quantitative estimate of drug-likeness (QED) is 0.641. The number of likely N-dealkylation sites (tertiary alicyclic amines) is 1. The zero-order chi connectivity index (χ0) is 19.9. The average Bonchev–Trinajstić information content (AvgIpc) is 3.21.